The predicted molar refractivity (Wildman–Crippen MR) is 98.3 cm³/mol. The highest BCUT2D eigenvalue weighted by molar-refractivity contribution is 5.75. The Morgan fingerprint density at radius 2 is 2.08 bits per heavy atom. The Bertz CT molecular complexity index is 697. The first kappa shape index (κ1) is 17.5. The monoisotopic (exact) mass is 341 g/mol. The van der Waals surface area contributed by atoms with Crippen molar-refractivity contribution >= 4 is 6.03 Å². The summed E-state index contributed by atoms with van der Waals surface area (Å²) in [5.41, 5.74) is 1.03. The lowest BCUT2D eigenvalue weighted by Gasteiger charge is -2.36. The number of rotatable bonds is 4. The van der Waals surface area contributed by atoms with Gasteiger partial charge in [-0.2, -0.15) is 0 Å². The zero-order valence-electron chi connectivity index (χ0n) is 15.2. The smallest absolute Gasteiger partial charge is 0.318 e. The molecule has 2 amide bonds. The summed E-state index contributed by atoms with van der Waals surface area (Å²) in [6, 6.07) is 10.1. The first-order valence-electron chi connectivity index (χ1n) is 8.80. The summed E-state index contributed by atoms with van der Waals surface area (Å²) in [4.78, 5) is 21.5. The van der Waals surface area contributed by atoms with E-state index in [2.05, 4.69) is 29.3 Å². The number of likely N-dealkylation sites (N-methyl/N-ethyl adjacent to an activating group) is 1. The maximum atomic E-state index is 12.9. The summed E-state index contributed by atoms with van der Waals surface area (Å²) in [6.45, 7) is 1.57. The van der Waals surface area contributed by atoms with Gasteiger partial charge in [-0.05, 0) is 32.5 Å². The first-order valence-corrected chi connectivity index (χ1v) is 8.80. The normalized spacial score (nSPS) is 19.0. The highest BCUT2D eigenvalue weighted by atomic mass is 16.2. The van der Waals surface area contributed by atoms with Crippen molar-refractivity contribution < 1.29 is 4.79 Å². The molecule has 3 rings (SSSR count). The second kappa shape index (κ2) is 7.70. The molecule has 0 unspecified atom stereocenters. The van der Waals surface area contributed by atoms with Crippen molar-refractivity contribution in [1.29, 1.82) is 0 Å². The number of aryl methyl sites for hydroxylation is 1. The van der Waals surface area contributed by atoms with Gasteiger partial charge in [-0.1, -0.05) is 30.3 Å². The number of imidazole rings is 1. The molecule has 1 aromatic heterocycles. The number of nitrogens with one attached hydrogen (secondary N) is 1. The van der Waals surface area contributed by atoms with Crippen LogP contribution in [0.15, 0.2) is 42.7 Å². The van der Waals surface area contributed by atoms with Gasteiger partial charge in [0.15, 0.2) is 0 Å². The number of nitrogens with zero attached hydrogens (tertiary/aromatic N) is 4. The van der Waals surface area contributed by atoms with Gasteiger partial charge in [-0.15, -0.1) is 0 Å². The number of urea groups is 1. The Morgan fingerprint density at radius 3 is 2.72 bits per heavy atom. The minimum atomic E-state index is -0.256. The largest absolute Gasteiger partial charge is 0.336 e. The van der Waals surface area contributed by atoms with Gasteiger partial charge in [0.2, 0.25) is 0 Å². The Hall–Kier alpha value is -2.34. The van der Waals surface area contributed by atoms with Crippen LogP contribution in [0.4, 0.5) is 4.79 Å². The SMILES string of the molecule is CN(C)[C@@H]1CCCN(C(=O)N[C@H](c2ccccc2)c2nccn2C)C1. The van der Waals surface area contributed by atoms with Gasteiger partial charge >= 0.3 is 6.03 Å². The lowest BCUT2D eigenvalue weighted by atomic mass is 10.0. The number of aromatic nitrogens is 2. The minimum absolute atomic E-state index is 0.0246. The van der Waals surface area contributed by atoms with Gasteiger partial charge in [0.25, 0.3) is 0 Å². The van der Waals surface area contributed by atoms with E-state index in [4.69, 9.17) is 0 Å². The van der Waals surface area contributed by atoms with Crippen LogP contribution in [0.2, 0.25) is 0 Å². The van der Waals surface area contributed by atoms with Crippen LogP contribution in [0, 0.1) is 0 Å². The molecule has 2 aromatic rings. The number of carbonyl (C=O) groups is 1. The molecule has 1 aliphatic heterocycles. The molecule has 1 aliphatic rings. The zero-order valence-corrected chi connectivity index (χ0v) is 15.2. The number of benzene rings is 1. The second-order valence-corrected chi connectivity index (χ2v) is 6.90. The van der Waals surface area contributed by atoms with Crippen molar-refractivity contribution in [2.75, 3.05) is 27.2 Å². The summed E-state index contributed by atoms with van der Waals surface area (Å²) >= 11 is 0. The van der Waals surface area contributed by atoms with Crippen LogP contribution in [-0.4, -0.2) is 58.6 Å². The lowest BCUT2D eigenvalue weighted by Crippen LogP contribution is -2.51. The van der Waals surface area contributed by atoms with Crippen molar-refractivity contribution in [3.63, 3.8) is 0 Å². The second-order valence-electron chi connectivity index (χ2n) is 6.90. The Morgan fingerprint density at radius 1 is 1.32 bits per heavy atom. The third kappa shape index (κ3) is 4.02. The van der Waals surface area contributed by atoms with E-state index >= 15 is 0 Å². The number of hydrogen-bond donors (Lipinski definition) is 1. The predicted octanol–water partition coefficient (Wildman–Crippen LogP) is 2.25. The summed E-state index contributed by atoms with van der Waals surface area (Å²) in [5, 5.41) is 3.19. The highest BCUT2D eigenvalue weighted by Gasteiger charge is 2.28. The van der Waals surface area contributed by atoms with Crippen LogP contribution in [0.3, 0.4) is 0 Å². The van der Waals surface area contributed by atoms with E-state index < -0.39 is 0 Å². The molecule has 0 bridgehead atoms. The molecule has 0 radical (unpaired) electrons. The van der Waals surface area contributed by atoms with E-state index in [1.165, 1.54) is 0 Å². The first-order chi connectivity index (χ1) is 12.1. The summed E-state index contributed by atoms with van der Waals surface area (Å²) < 4.78 is 1.96. The van der Waals surface area contributed by atoms with E-state index in [1.54, 1.807) is 6.20 Å². The third-order valence-electron chi connectivity index (χ3n) is 4.93. The summed E-state index contributed by atoms with van der Waals surface area (Å²) in [5.74, 6) is 0.834. The molecule has 2 atom stereocenters. The van der Waals surface area contributed by atoms with Gasteiger partial charge in [-0.3, -0.25) is 0 Å². The zero-order chi connectivity index (χ0) is 17.8. The van der Waals surface area contributed by atoms with Gasteiger partial charge in [0.05, 0.1) is 0 Å². The number of piperidine rings is 1. The molecule has 2 heterocycles. The van der Waals surface area contributed by atoms with Gasteiger partial charge in [0.1, 0.15) is 11.9 Å². The third-order valence-corrected chi connectivity index (χ3v) is 4.93. The fourth-order valence-electron chi connectivity index (χ4n) is 3.37. The Balaban J connectivity index is 1.79. The topological polar surface area (TPSA) is 53.4 Å². The summed E-state index contributed by atoms with van der Waals surface area (Å²) in [7, 11) is 6.10. The molecule has 1 fully saturated rings. The molecule has 1 aromatic carbocycles. The number of likely N-dealkylation sites (tertiary alicyclic amines) is 1. The van der Waals surface area contributed by atoms with Crippen LogP contribution in [0.1, 0.15) is 30.3 Å². The minimum Gasteiger partial charge on any atom is -0.336 e. The van der Waals surface area contributed by atoms with Crippen molar-refractivity contribution in [3.8, 4) is 0 Å². The molecule has 6 heteroatoms. The standard InChI is InChI=1S/C19H27N5O/c1-22(2)16-10-7-12-24(14-16)19(25)21-17(15-8-5-4-6-9-15)18-20-11-13-23(18)3/h4-6,8-9,11,13,16-17H,7,10,12,14H2,1-3H3,(H,21,25)/t16-,17-/m1/s1. The van der Waals surface area contributed by atoms with Crippen LogP contribution >= 0.6 is 0 Å². The van der Waals surface area contributed by atoms with Crippen LogP contribution < -0.4 is 5.32 Å². The van der Waals surface area contributed by atoms with E-state index in [9.17, 15) is 4.79 Å². The molecular weight excluding hydrogens is 314 g/mol. The molecular formula is C19H27N5O. The van der Waals surface area contributed by atoms with Crippen molar-refractivity contribution in [2.24, 2.45) is 7.05 Å². The number of carbonyl (C=O) groups excluding carboxylic acids is 1. The Labute approximate surface area is 149 Å². The molecule has 1 N–H and O–H groups in total. The quantitative estimate of drug-likeness (QED) is 0.928. The average molecular weight is 341 g/mol. The molecule has 1 saturated heterocycles. The van der Waals surface area contributed by atoms with E-state index in [0.29, 0.717) is 6.04 Å². The van der Waals surface area contributed by atoms with Crippen LogP contribution in [0.25, 0.3) is 0 Å². The maximum absolute atomic E-state index is 12.9. The fraction of sp³-hybridized carbons (Fsp3) is 0.474. The summed E-state index contributed by atoms with van der Waals surface area (Å²) in [6.07, 6.45) is 5.84. The van der Waals surface area contributed by atoms with E-state index in [0.717, 1.165) is 37.3 Å². The highest BCUT2D eigenvalue weighted by Crippen LogP contribution is 2.21. The van der Waals surface area contributed by atoms with E-state index in [1.807, 2.05) is 53.0 Å². The van der Waals surface area contributed by atoms with Crippen molar-refractivity contribution in [2.45, 2.75) is 24.9 Å². The molecule has 6 nitrogen and oxygen atoms in total. The molecule has 0 aliphatic carbocycles. The Kier molecular flexibility index (Phi) is 5.38. The van der Waals surface area contributed by atoms with Crippen molar-refractivity contribution in [3.05, 3.63) is 54.1 Å². The molecule has 0 saturated carbocycles. The molecule has 0 spiro atoms. The average Bonchev–Trinajstić information content (AvgIpc) is 3.06. The molecule has 134 valence electrons. The van der Waals surface area contributed by atoms with Gasteiger partial charge < -0.3 is 19.7 Å². The van der Waals surface area contributed by atoms with Crippen molar-refractivity contribution in [1.82, 2.24) is 24.7 Å². The fourth-order valence-corrected chi connectivity index (χ4v) is 3.37. The van der Waals surface area contributed by atoms with Crippen LogP contribution in [-0.2, 0) is 7.05 Å². The maximum Gasteiger partial charge on any atom is 0.318 e. The van der Waals surface area contributed by atoms with Gasteiger partial charge in [-0.25, -0.2) is 9.78 Å². The number of hydrogen-bond acceptors (Lipinski definition) is 3. The van der Waals surface area contributed by atoms with Gasteiger partial charge in [0, 0.05) is 38.6 Å². The molecule has 25 heavy (non-hydrogen) atoms. The lowest BCUT2D eigenvalue weighted by molar-refractivity contribution is 0.138. The van der Waals surface area contributed by atoms with E-state index in [-0.39, 0.29) is 12.1 Å². The van der Waals surface area contributed by atoms with Crippen LogP contribution in [0.5, 0.6) is 0 Å². The number of amides is 2.